The second kappa shape index (κ2) is 6.20. The zero-order chi connectivity index (χ0) is 15.5. The Morgan fingerprint density at radius 1 is 1.50 bits per heavy atom. The molecule has 2 N–H and O–H groups in total. The van der Waals surface area contributed by atoms with Crippen molar-refractivity contribution in [1.29, 1.82) is 0 Å². The van der Waals surface area contributed by atoms with E-state index < -0.39 is 0 Å². The SMILES string of the molecule is Cc1nnnn1-c1cccc(NC(=O)[C@H]2NCCO[C@@H]2C)c1. The monoisotopic (exact) mass is 302 g/mol. The number of benzene rings is 1. The van der Waals surface area contributed by atoms with Crippen LogP contribution in [0.3, 0.4) is 0 Å². The fourth-order valence-electron chi connectivity index (χ4n) is 2.43. The molecule has 1 aliphatic heterocycles. The van der Waals surface area contributed by atoms with Crippen molar-refractivity contribution in [3.63, 3.8) is 0 Å². The molecule has 1 aromatic heterocycles. The number of morpholine rings is 1. The van der Waals surface area contributed by atoms with Crippen LogP contribution in [0.1, 0.15) is 12.7 Å². The van der Waals surface area contributed by atoms with Crippen LogP contribution in [0.5, 0.6) is 0 Å². The molecule has 0 spiro atoms. The van der Waals surface area contributed by atoms with Crippen molar-refractivity contribution in [1.82, 2.24) is 25.5 Å². The summed E-state index contributed by atoms with van der Waals surface area (Å²) in [6.45, 7) is 5.00. The molecule has 1 amide bonds. The Hall–Kier alpha value is -2.32. The predicted octanol–water partition coefficient (Wildman–Crippen LogP) is 0.286. The van der Waals surface area contributed by atoms with Gasteiger partial charge in [-0.05, 0) is 42.5 Å². The lowest BCUT2D eigenvalue weighted by atomic mass is 10.1. The van der Waals surface area contributed by atoms with Gasteiger partial charge in [-0.1, -0.05) is 6.07 Å². The molecule has 0 unspecified atom stereocenters. The first-order valence-electron chi connectivity index (χ1n) is 7.16. The third-order valence-electron chi connectivity index (χ3n) is 3.58. The van der Waals surface area contributed by atoms with Crippen molar-refractivity contribution in [3.8, 4) is 5.69 Å². The molecule has 8 nitrogen and oxygen atoms in total. The molecule has 0 bridgehead atoms. The van der Waals surface area contributed by atoms with E-state index in [0.29, 0.717) is 24.7 Å². The highest BCUT2D eigenvalue weighted by molar-refractivity contribution is 5.95. The average Bonchev–Trinajstić information content (AvgIpc) is 2.94. The number of aryl methyl sites for hydroxylation is 1. The smallest absolute Gasteiger partial charge is 0.244 e. The van der Waals surface area contributed by atoms with Gasteiger partial charge in [-0.2, -0.15) is 4.68 Å². The lowest BCUT2D eigenvalue weighted by Gasteiger charge is -2.29. The summed E-state index contributed by atoms with van der Waals surface area (Å²) < 4.78 is 7.11. The third-order valence-corrected chi connectivity index (χ3v) is 3.58. The van der Waals surface area contributed by atoms with Gasteiger partial charge in [-0.15, -0.1) is 5.10 Å². The zero-order valence-corrected chi connectivity index (χ0v) is 12.5. The quantitative estimate of drug-likeness (QED) is 0.846. The summed E-state index contributed by atoms with van der Waals surface area (Å²) in [5, 5.41) is 17.5. The molecule has 0 aliphatic carbocycles. The molecule has 8 heteroatoms. The molecule has 1 fully saturated rings. The number of aromatic nitrogens is 4. The van der Waals surface area contributed by atoms with Crippen LogP contribution < -0.4 is 10.6 Å². The number of anilines is 1. The predicted molar refractivity (Wildman–Crippen MR) is 79.7 cm³/mol. The van der Waals surface area contributed by atoms with Crippen LogP contribution in [0.25, 0.3) is 5.69 Å². The topological polar surface area (TPSA) is 94.0 Å². The van der Waals surface area contributed by atoms with E-state index in [0.717, 1.165) is 5.69 Å². The third kappa shape index (κ3) is 2.97. The number of hydrogen-bond acceptors (Lipinski definition) is 6. The van der Waals surface area contributed by atoms with Crippen molar-refractivity contribution in [3.05, 3.63) is 30.1 Å². The van der Waals surface area contributed by atoms with E-state index in [1.807, 2.05) is 38.1 Å². The van der Waals surface area contributed by atoms with E-state index in [9.17, 15) is 4.79 Å². The number of nitrogens with zero attached hydrogens (tertiary/aromatic N) is 4. The molecule has 2 aromatic rings. The van der Waals surface area contributed by atoms with Crippen molar-refractivity contribution >= 4 is 11.6 Å². The Morgan fingerprint density at radius 2 is 2.36 bits per heavy atom. The molecule has 2 heterocycles. The zero-order valence-electron chi connectivity index (χ0n) is 12.5. The molecule has 1 saturated heterocycles. The first kappa shape index (κ1) is 14.6. The first-order valence-corrected chi connectivity index (χ1v) is 7.16. The van der Waals surface area contributed by atoms with Gasteiger partial charge >= 0.3 is 0 Å². The summed E-state index contributed by atoms with van der Waals surface area (Å²) in [5.74, 6) is 0.567. The molecule has 1 aromatic carbocycles. The van der Waals surface area contributed by atoms with Gasteiger partial charge in [0.15, 0.2) is 5.82 Å². The first-order chi connectivity index (χ1) is 10.6. The molecule has 22 heavy (non-hydrogen) atoms. The van der Waals surface area contributed by atoms with Crippen LogP contribution in [0.4, 0.5) is 5.69 Å². The minimum Gasteiger partial charge on any atom is -0.375 e. The minimum absolute atomic E-state index is 0.113. The molecule has 116 valence electrons. The Bertz CT molecular complexity index is 671. The van der Waals surface area contributed by atoms with Gasteiger partial charge < -0.3 is 15.4 Å². The molecular weight excluding hydrogens is 284 g/mol. The van der Waals surface area contributed by atoms with Gasteiger partial charge in [0.25, 0.3) is 0 Å². The van der Waals surface area contributed by atoms with Gasteiger partial charge in [0.1, 0.15) is 6.04 Å². The fraction of sp³-hybridized carbons (Fsp3) is 0.429. The largest absolute Gasteiger partial charge is 0.375 e. The van der Waals surface area contributed by atoms with Crippen LogP contribution in [0.15, 0.2) is 24.3 Å². The second-order valence-electron chi connectivity index (χ2n) is 5.19. The van der Waals surface area contributed by atoms with Gasteiger partial charge in [0, 0.05) is 12.2 Å². The number of ether oxygens (including phenoxy) is 1. The van der Waals surface area contributed by atoms with E-state index in [2.05, 4.69) is 26.2 Å². The Morgan fingerprint density at radius 3 is 3.09 bits per heavy atom. The van der Waals surface area contributed by atoms with Crippen molar-refractivity contribution in [2.24, 2.45) is 0 Å². The highest BCUT2D eigenvalue weighted by atomic mass is 16.5. The van der Waals surface area contributed by atoms with E-state index >= 15 is 0 Å². The van der Waals surface area contributed by atoms with Crippen molar-refractivity contribution in [2.45, 2.75) is 26.0 Å². The second-order valence-corrected chi connectivity index (χ2v) is 5.19. The van der Waals surface area contributed by atoms with Gasteiger partial charge in [-0.25, -0.2) is 0 Å². The van der Waals surface area contributed by atoms with Gasteiger partial charge in [0.2, 0.25) is 5.91 Å². The number of tetrazole rings is 1. The summed E-state index contributed by atoms with van der Waals surface area (Å²) in [7, 11) is 0. The van der Waals surface area contributed by atoms with Crippen LogP contribution in [-0.4, -0.2) is 51.4 Å². The van der Waals surface area contributed by atoms with Crippen molar-refractivity contribution in [2.75, 3.05) is 18.5 Å². The summed E-state index contributed by atoms with van der Waals surface area (Å²) in [6, 6.07) is 7.03. The summed E-state index contributed by atoms with van der Waals surface area (Å²) in [5.41, 5.74) is 1.48. The molecule has 3 rings (SSSR count). The summed E-state index contributed by atoms with van der Waals surface area (Å²) in [4.78, 5) is 12.3. The molecule has 2 atom stereocenters. The number of carbonyl (C=O) groups is 1. The van der Waals surface area contributed by atoms with Gasteiger partial charge in [-0.3, -0.25) is 4.79 Å². The number of rotatable bonds is 3. The highest BCUT2D eigenvalue weighted by Crippen LogP contribution is 2.16. The lowest BCUT2D eigenvalue weighted by molar-refractivity contribution is -0.123. The Balaban J connectivity index is 1.75. The number of hydrogen-bond donors (Lipinski definition) is 2. The number of amides is 1. The number of nitrogens with one attached hydrogen (secondary N) is 2. The van der Waals surface area contributed by atoms with E-state index in [-0.39, 0.29) is 18.1 Å². The molecule has 0 radical (unpaired) electrons. The maximum absolute atomic E-state index is 12.3. The summed E-state index contributed by atoms with van der Waals surface area (Å²) >= 11 is 0. The molecule has 0 saturated carbocycles. The Labute approximate surface area is 127 Å². The van der Waals surface area contributed by atoms with Crippen LogP contribution in [0.2, 0.25) is 0 Å². The van der Waals surface area contributed by atoms with E-state index in [1.54, 1.807) is 4.68 Å². The fourth-order valence-corrected chi connectivity index (χ4v) is 2.43. The van der Waals surface area contributed by atoms with Crippen LogP contribution >= 0.6 is 0 Å². The molecule has 1 aliphatic rings. The van der Waals surface area contributed by atoms with Crippen molar-refractivity contribution < 1.29 is 9.53 Å². The maximum atomic E-state index is 12.3. The maximum Gasteiger partial charge on any atom is 0.244 e. The highest BCUT2D eigenvalue weighted by Gasteiger charge is 2.28. The molecular formula is C14H18N6O2. The minimum atomic E-state index is -0.354. The van der Waals surface area contributed by atoms with E-state index in [4.69, 9.17) is 4.74 Å². The normalized spacial score (nSPS) is 21.5. The number of carbonyl (C=O) groups excluding carboxylic acids is 1. The summed E-state index contributed by atoms with van der Waals surface area (Å²) in [6.07, 6.45) is -0.154. The van der Waals surface area contributed by atoms with Gasteiger partial charge in [0.05, 0.1) is 18.4 Å². The lowest BCUT2D eigenvalue weighted by Crippen LogP contribution is -2.53. The Kier molecular flexibility index (Phi) is 4.12. The van der Waals surface area contributed by atoms with E-state index in [1.165, 1.54) is 0 Å². The van der Waals surface area contributed by atoms with Crippen LogP contribution in [-0.2, 0) is 9.53 Å². The standard InChI is InChI=1S/C14H18N6O2/c1-9-13(15-6-7-22-9)14(21)16-11-4-3-5-12(8-11)20-10(2)17-18-19-20/h3-5,8-9,13,15H,6-7H2,1-2H3,(H,16,21)/t9-,13+/m1/s1. The average molecular weight is 302 g/mol. The van der Waals surface area contributed by atoms with Crippen LogP contribution in [0, 0.1) is 6.92 Å².